The molecule has 0 spiro atoms. The molecule has 1 rings (SSSR count). The summed E-state index contributed by atoms with van der Waals surface area (Å²) in [6.45, 7) is 2.11. The van der Waals surface area contributed by atoms with E-state index in [-0.39, 0.29) is 11.7 Å². The van der Waals surface area contributed by atoms with Gasteiger partial charge in [-0.3, -0.25) is 4.79 Å². The third-order valence-corrected chi connectivity index (χ3v) is 2.65. The number of hydrogen-bond donors (Lipinski definition) is 1. The molecule has 0 aliphatic heterocycles. The molecule has 1 aliphatic rings. The summed E-state index contributed by atoms with van der Waals surface area (Å²) < 4.78 is 4.08. The van der Waals surface area contributed by atoms with Gasteiger partial charge in [0.25, 0.3) is 0 Å². The first kappa shape index (κ1) is 10.3. The number of aliphatic hydroxyl groups excluding tert-OH is 1. The van der Waals surface area contributed by atoms with Crippen LogP contribution in [0.15, 0.2) is 24.0 Å². The highest BCUT2D eigenvalue weighted by Gasteiger charge is 2.35. The van der Waals surface area contributed by atoms with Crippen molar-refractivity contribution in [3.05, 3.63) is 24.0 Å². The number of carbonyl (C=O) groups is 1. The van der Waals surface area contributed by atoms with Gasteiger partial charge in [-0.05, 0) is 25.5 Å². The Bertz CT molecular complexity index is 270. The van der Waals surface area contributed by atoms with Gasteiger partial charge >= 0.3 is 5.97 Å². The maximum atomic E-state index is 11.4. The largest absolute Gasteiger partial charge is 0.508 e. The normalized spacial score (nSPS) is 26.8. The maximum Gasteiger partial charge on any atom is 0.327 e. The molecule has 0 saturated carbocycles. The third-order valence-electron chi connectivity index (χ3n) is 1.74. The van der Waals surface area contributed by atoms with E-state index in [2.05, 4.69) is 15.9 Å². The minimum absolute atomic E-state index is 0.180. The standard InChI is InChI=1S/C9H11BrO3/c1-2-13-8(12)9(10)5-3-7(11)4-6-9/h3-5,11H,2,6H2,1H3. The molecule has 0 radical (unpaired) electrons. The number of carbonyl (C=O) groups excluding carboxylic acids is 1. The van der Waals surface area contributed by atoms with Crippen LogP contribution in [0.1, 0.15) is 13.3 Å². The van der Waals surface area contributed by atoms with E-state index in [4.69, 9.17) is 9.84 Å². The van der Waals surface area contributed by atoms with Gasteiger partial charge in [0.2, 0.25) is 0 Å². The SMILES string of the molecule is CCOC(=O)C1(Br)C=CC(O)=CC1. The van der Waals surface area contributed by atoms with Crippen molar-refractivity contribution in [2.45, 2.75) is 17.7 Å². The summed E-state index contributed by atoms with van der Waals surface area (Å²) in [7, 11) is 0. The molecule has 1 aliphatic carbocycles. The fourth-order valence-electron chi connectivity index (χ4n) is 1.01. The van der Waals surface area contributed by atoms with Crippen molar-refractivity contribution in [3.8, 4) is 0 Å². The Balaban J connectivity index is 2.70. The molecule has 4 heteroatoms. The second kappa shape index (κ2) is 3.96. The van der Waals surface area contributed by atoms with Crippen LogP contribution in [0.3, 0.4) is 0 Å². The number of aliphatic hydroxyl groups is 1. The number of rotatable bonds is 2. The molecule has 0 bridgehead atoms. The summed E-state index contributed by atoms with van der Waals surface area (Å²) in [4.78, 5) is 11.4. The molecule has 0 aromatic carbocycles. The lowest BCUT2D eigenvalue weighted by Gasteiger charge is -2.22. The van der Waals surface area contributed by atoms with Crippen LogP contribution in [-0.2, 0) is 9.53 Å². The Hall–Kier alpha value is -0.770. The van der Waals surface area contributed by atoms with Gasteiger partial charge in [0, 0.05) is 0 Å². The number of ether oxygens (including phenoxy) is 1. The van der Waals surface area contributed by atoms with Crippen molar-refractivity contribution < 1.29 is 14.6 Å². The van der Waals surface area contributed by atoms with Crippen LogP contribution in [-0.4, -0.2) is 22.0 Å². The highest BCUT2D eigenvalue weighted by molar-refractivity contribution is 9.10. The zero-order chi connectivity index (χ0) is 9.90. The molecule has 0 heterocycles. The smallest absolute Gasteiger partial charge is 0.327 e. The third kappa shape index (κ3) is 2.34. The van der Waals surface area contributed by atoms with E-state index in [1.807, 2.05) is 0 Å². The van der Waals surface area contributed by atoms with Crippen molar-refractivity contribution in [1.82, 2.24) is 0 Å². The van der Waals surface area contributed by atoms with E-state index in [1.165, 1.54) is 6.08 Å². The Morgan fingerprint density at radius 3 is 3.00 bits per heavy atom. The molecule has 1 N–H and O–H groups in total. The van der Waals surface area contributed by atoms with Gasteiger partial charge in [-0.1, -0.05) is 22.0 Å². The van der Waals surface area contributed by atoms with Gasteiger partial charge in [-0.2, -0.15) is 0 Å². The maximum absolute atomic E-state index is 11.4. The molecule has 1 atom stereocenters. The second-order valence-electron chi connectivity index (χ2n) is 2.75. The van der Waals surface area contributed by atoms with Crippen molar-refractivity contribution >= 4 is 21.9 Å². The Labute approximate surface area is 85.2 Å². The van der Waals surface area contributed by atoms with Gasteiger partial charge in [0.1, 0.15) is 10.1 Å². The molecule has 0 saturated heterocycles. The number of halogens is 1. The highest BCUT2D eigenvalue weighted by atomic mass is 79.9. The lowest BCUT2D eigenvalue weighted by molar-refractivity contribution is -0.144. The van der Waals surface area contributed by atoms with Crippen LogP contribution in [0.25, 0.3) is 0 Å². The van der Waals surface area contributed by atoms with Crippen LogP contribution in [0.5, 0.6) is 0 Å². The molecule has 1 unspecified atom stereocenters. The lowest BCUT2D eigenvalue weighted by Crippen LogP contribution is -2.32. The van der Waals surface area contributed by atoms with Crippen molar-refractivity contribution in [3.63, 3.8) is 0 Å². The summed E-state index contributed by atoms with van der Waals surface area (Å²) >= 11 is 3.27. The van der Waals surface area contributed by atoms with Crippen molar-refractivity contribution in [2.75, 3.05) is 6.61 Å². The average molecular weight is 247 g/mol. The zero-order valence-electron chi connectivity index (χ0n) is 7.29. The van der Waals surface area contributed by atoms with Crippen molar-refractivity contribution in [1.29, 1.82) is 0 Å². The quantitative estimate of drug-likeness (QED) is 0.600. The molecular weight excluding hydrogens is 236 g/mol. The summed E-state index contributed by atoms with van der Waals surface area (Å²) in [6.07, 6.45) is 5.06. The number of alkyl halides is 1. The van der Waals surface area contributed by atoms with Crippen molar-refractivity contribution in [2.24, 2.45) is 0 Å². The van der Waals surface area contributed by atoms with Crippen LogP contribution in [0.2, 0.25) is 0 Å². The zero-order valence-corrected chi connectivity index (χ0v) is 8.87. The predicted molar refractivity (Wildman–Crippen MR) is 52.8 cm³/mol. The predicted octanol–water partition coefficient (Wildman–Crippen LogP) is 2.08. The molecule has 3 nitrogen and oxygen atoms in total. The van der Waals surface area contributed by atoms with Gasteiger partial charge in [0.05, 0.1) is 6.61 Å². The molecule has 13 heavy (non-hydrogen) atoms. The Morgan fingerprint density at radius 1 is 1.85 bits per heavy atom. The highest BCUT2D eigenvalue weighted by Crippen LogP contribution is 2.30. The minimum Gasteiger partial charge on any atom is -0.508 e. The first-order valence-electron chi connectivity index (χ1n) is 4.03. The molecule has 0 fully saturated rings. The number of esters is 1. The van der Waals surface area contributed by atoms with Crippen LogP contribution in [0, 0.1) is 0 Å². The monoisotopic (exact) mass is 246 g/mol. The molecule has 0 aromatic rings. The molecular formula is C9H11BrO3. The van der Waals surface area contributed by atoms with Gasteiger partial charge < -0.3 is 9.84 Å². The fourth-order valence-corrected chi connectivity index (χ4v) is 1.42. The molecule has 0 aromatic heterocycles. The summed E-state index contributed by atoms with van der Waals surface area (Å²) in [6, 6.07) is 0. The fraction of sp³-hybridized carbons (Fsp3) is 0.444. The van der Waals surface area contributed by atoms with Gasteiger partial charge in [0.15, 0.2) is 0 Å². The van der Waals surface area contributed by atoms with E-state index in [0.29, 0.717) is 13.0 Å². The topological polar surface area (TPSA) is 46.5 Å². The summed E-state index contributed by atoms with van der Waals surface area (Å²) in [5.74, 6) is -0.144. The van der Waals surface area contributed by atoms with E-state index < -0.39 is 4.32 Å². The summed E-state index contributed by atoms with van der Waals surface area (Å²) in [5.41, 5.74) is 0. The molecule has 72 valence electrons. The lowest BCUT2D eigenvalue weighted by atomic mass is 10.0. The van der Waals surface area contributed by atoms with Crippen LogP contribution in [0.4, 0.5) is 0 Å². The number of allylic oxidation sites excluding steroid dienone is 2. The van der Waals surface area contributed by atoms with Crippen LogP contribution < -0.4 is 0 Å². The first-order chi connectivity index (χ1) is 6.08. The number of hydrogen-bond acceptors (Lipinski definition) is 3. The Morgan fingerprint density at radius 2 is 2.54 bits per heavy atom. The van der Waals surface area contributed by atoms with E-state index in [1.54, 1.807) is 19.1 Å². The van der Waals surface area contributed by atoms with Gasteiger partial charge in [-0.15, -0.1) is 0 Å². The average Bonchev–Trinajstić information content (AvgIpc) is 2.11. The summed E-state index contributed by atoms with van der Waals surface area (Å²) in [5, 5.41) is 9.05. The molecule has 0 amide bonds. The van der Waals surface area contributed by atoms with Crippen LogP contribution >= 0.6 is 15.9 Å². The Kier molecular flexibility index (Phi) is 3.14. The van der Waals surface area contributed by atoms with E-state index in [9.17, 15) is 4.79 Å². The first-order valence-corrected chi connectivity index (χ1v) is 4.82. The van der Waals surface area contributed by atoms with E-state index in [0.717, 1.165) is 0 Å². The van der Waals surface area contributed by atoms with Gasteiger partial charge in [-0.25, -0.2) is 0 Å². The second-order valence-corrected chi connectivity index (χ2v) is 4.16. The minimum atomic E-state index is -0.796. The van der Waals surface area contributed by atoms with E-state index >= 15 is 0 Å².